The average Bonchev–Trinajstić information content (AvgIpc) is 3.13. The highest BCUT2D eigenvalue weighted by molar-refractivity contribution is 7.09. The molecule has 0 aliphatic rings. The Morgan fingerprint density at radius 2 is 1.89 bits per heavy atom. The summed E-state index contributed by atoms with van der Waals surface area (Å²) in [4.78, 5) is 14.9. The Morgan fingerprint density at radius 1 is 1.11 bits per heavy atom. The molecule has 0 aliphatic carbocycles. The Bertz CT molecular complexity index is 930. The maximum atomic E-state index is 10.9. The minimum Gasteiger partial charge on any atom is -0.493 e. The highest BCUT2D eigenvalue weighted by Crippen LogP contribution is 2.31. The SMILES string of the molecule is COc1ccc([N+](=O)[O-])cc1OCc1csc(COc2ccc(Cl)cc2)n1. The van der Waals surface area contributed by atoms with Gasteiger partial charge < -0.3 is 14.2 Å². The fourth-order valence-electron chi connectivity index (χ4n) is 2.20. The Morgan fingerprint density at radius 3 is 2.59 bits per heavy atom. The number of halogens is 1. The largest absolute Gasteiger partial charge is 0.493 e. The second kappa shape index (κ2) is 8.70. The van der Waals surface area contributed by atoms with Crippen LogP contribution in [0.4, 0.5) is 5.69 Å². The molecule has 0 saturated carbocycles. The first-order valence-corrected chi connectivity index (χ1v) is 9.08. The van der Waals surface area contributed by atoms with Gasteiger partial charge in [-0.25, -0.2) is 4.98 Å². The van der Waals surface area contributed by atoms with Gasteiger partial charge in [-0.3, -0.25) is 10.1 Å². The van der Waals surface area contributed by atoms with Crippen molar-refractivity contribution in [2.24, 2.45) is 0 Å². The van der Waals surface area contributed by atoms with Gasteiger partial charge in [-0.2, -0.15) is 0 Å². The van der Waals surface area contributed by atoms with Crippen LogP contribution < -0.4 is 14.2 Å². The molecule has 0 aliphatic heterocycles. The van der Waals surface area contributed by atoms with Gasteiger partial charge in [0, 0.05) is 16.5 Å². The molecule has 2 aromatic carbocycles. The molecule has 0 amide bonds. The molecule has 3 rings (SSSR count). The number of thiazole rings is 1. The van der Waals surface area contributed by atoms with E-state index in [9.17, 15) is 10.1 Å². The zero-order valence-electron chi connectivity index (χ0n) is 14.3. The van der Waals surface area contributed by atoms with Crippen molar-refractivity contribution in [3.63, 3.8) is 0 Å². The quantitative estimate of drug-likeness (QED) is 0.392. The number of nitrogens with zero attached hydrogens (tertiary/aromatic N) is 2. The molecule has 140 valence electrons. The van der Waals surface area contributed by atoms with Gasteiger partial charge in [0.1, 0.15) is 24.0 Å². The van der Waals surface area contributed by atoms with Crippen LogP contribution in [0.1, 0.15) is 10.7 Å². The zero-order valence-corrected chi connectivity index (χ0v) is 15.8. The molecule has 27 heavy (non-hydrogen) atoms. The van der Waals surface area contributed by atoms with Gasteiger partial charge in [0.25, 0.3) is 5.69 Å². The molecule has 0 fully saturated rings. The summed E-state index contributed by atoms with van der Waals surface area (Å²) in [5, 5.41) is 14.2. The van der Waals surface area contributed by atoms with Gasteiger partial charge in [-0.15, -0.1) is 11.3 Å². The highest BCUT2D eigenvalue weighted by atomic mass is 35.5. The summed E-state index contributed by atoms with van der Waals surface area (Å²) in [6, 6.07) is 11.3. The van der Waals surface area contributed by atoms with Crippen LogP contribution in [0.5, 0.6) is 17.2 Å². The van der Waals surface area contributed by atoms with E-state index in [1.54, 1.807) is 24.3 Å². The summed E-state index contributed by atoms with van der Waals surface area (Å²) in [7, 11) is 1.48. The number of methoxy groups -OCH3 is 1. The standard InChI is InChI=1S/C18H15ClN2O5S/c1-24-16-7-4-14(21(22)23)8-17(16)26-9-13-11-27-18(20-13)10-25-15-5-2-12(19)3-6-15/h2-8,11H,9-10H2,1H3. The van der Waals surface area contributed by atoms with Crippen LogP contribution in [-0.2, 0) is 13.2 Å². The van der Waals surface area contributed by atoms with Crippen molar-refractivity contribution in [1.82, 2.24) is 4.98 Å². The molecular weight excluding hydrogens is 392 g/mol. The smallest absolute Gasteiger partial charge is 0.273 e. The molecular formula is C18H15ClN2O5S. The van der Waals surface area contributed by atoms with Gasteiger partial charge in [0.15, 0.2) is 11.5 Å². The average molecular weight is 407 g/mol. The predicted octanol–water partition coefficient (Wildman–Crippen LogP) is 4.87. The Balaban J connectivity index is 1.60. The van der Waals surface area contributed by atoms with Crippen LogP contribution in [0.15, 0.2) is 47.8 Å². The van der Waals surface area contributed by atoms with Crippen molar-refractivity contribution in [3.05, 3.63) is 73.7 Å². The van der Waals surface area contributed by atoms with Gasteiger partial charge >= 0.3 is 0 Å². The van der Waals surface area contributed by atoms with Crippen molar-refractivity contribution in [2.45, 2.75) is 13.2 Å². The first kappa shape index (κ1) is 18.9. The third kappa shape index (κ3) is 5.08. The summed E-state index contributed by atoms with van der Waals surface area (Å²) in [5.41, 5.74) is 0.629. The summed E-state index contributed by atoms with van der Waals surface area (Å²) in [5.74, 6) is 1.41. The van der Waals surface area contributed by atoms with Gasteiger partial charge in [-0.05, 0) is 30.3 Å². The number of non-ortho nitro benzene ring substituents is 1. The maximum absolute atomic E-state index is 10.9. The molecule has 7 nitrogen and oxygen atoms in total. The van der Waals surface area contributed by atoms with E-state index in [2.05, 4.69) is 4.98 Å². The number of rotatable bonds is 8. The van der Waals surface area contributed by atoms with Crippen molar-refractivity contribution in [3.8, 4) is 17.2 Å². The van der Waals surface area contributed by atoms with E-state index in [0.29, 0.717) is 34.6 Å². The lowest BCUT2D eigenvalue weighted by Gasteiger charge is -2.09. The summed E-state index contributed by atoms with van der Waals surface area (Å²) < 4.78 is 16.5. The molecule has 0 radical (unpaired) electrons. The fourth-order valence-corrected chi connectivity index (χ4v) is 3.02. The van der Waals surface area contributed by atoms with Gasteiger partial charge in [0.2, 0.25) is 0 Å². The Hall–Kier alpha value is -2.84. The van der Waals surface area contributed by atoms with Crippen LogP contribution in [0.2, 0.25) is 5.02 Å². The van der Waals surface area contributed by atoms with Crippen molar-refractivity contribution in [1.29, 1.82) is 0 Å². The van der Waals surface area contributed by atoms with Gasteiger partial charge in [-0.1, -0.05) is 11.6 Å². The fraction of sp³-hybridized carbons (Fsp3) is 0.167. The number of benzene rings is 2. The molecule has 0 unspecified atom stereocenters. The van der Waals surface area contributed by atoms with Crippen molar-refractivity contribution in [2.75, 3.05) is 7.11 Å². The molecule has 0 bridgehead atoms. The molecule has 1 heterocycles. The topological polar surface area (TPSA) is 83.7 Å². The third-order valence-electron chi connectivity index (χ3n) is 3.51. The first-order valence-electron chi connectivity index (χ1n) is 7.82. The minimum atomic E-state index is -0.485. The van der Waals surface area contributed by atoms with Crippen LogP contribution in [0, 0.1) is 10.1 Å². The molecule has 1 aromatic heterocycles. The number of nitro groups is 1. The van der Waals surface area contributed by atoms with E-state index in [-0.39, 0.29) is 12.3 Å². The third-order valence-corrected chi connectivity index (χ3v) is 4.63. The van der Waals surface area contributed by atoms with E-state index < -0.39 is 4.92 Å². The monoisotopic (exact) mass is 406 g/mol. The van der Waals surface area contributed by atoms with Crippen LogP contribution in [-0.4, -0.2) is 17.0 Å². The lowest BCUT2D eigenvalue weighted by atomic mass is 10.3. The lowest BCUT2D eigenvalue weighted by Crippen LogP contribution is -2.00. The van der Waals surface area contributed by atoms with Gasteiger partial charge in [0.05, 0.1) is 23.8 Å². The minimum absolute atomic E-state index is 0.0684. The van der Waals surface area contributed by atoms with Crippen molar-refractivity contribution < 1.29 is 19.1 Å². The van der Waals surface area contributed by atoms with Crippen LogP contribution in [0.25, 0.3) is 0 Å². The highest BCUT2D eigenvalue weighted by Gasteiger charge is 2.13. The second-order valence-electron chi connectivity index (χ2n) is 5.36. The van der Waals surface area contributed by atoms with E-state index in [0.717, 1.165) is 5.01 Å². The van der Waals surface area contributed by atoms with E-state index in [4.69, 9.17) is 25.8 Å². The van der Waals surface area contributed by atoms with E-state index in [1.807, 2.05) is 5.38 Å². The number of aromatic nitrogens is 1. The number of hydrogen-bond acceptors (Lipinski definition) is 7. The maximum Gasteiger partial charge on any atom is 0.273 e. The van der Waals surface area contributed by atoms with E-state index >= 15 is 0 Å². The molecule has 0 N–H and O–H groups in total. The van der Waals surface area contributed by atoms with Crippen LogP contribution >= 0.6 is 22.9 Å². The number of hydrogen-bond donors (Lipinski definition) is 0. The summed E-state index contributed by atoms with van der Waals surface area (Å²) >= 11 is 7.28. The molecule has 0 saturated heterocycles. The lowest BCUT2D eigenvalue weighted by molar-refractivity contribution is -0.385. The summed E-state index contributed by atoms with van der Waals surface area (Å²) in [6.07, 6.45) is 0. The second-order valence-corrected chi connectivity index (χ2v) is 6.74. The van der Waals surface area contributed by atoms with E-state index in [1.165, 1.54) is 36.6 Å². The Labute approximate surface area is 164 Å². The number of nitro benzene ring substituents is 1. The molecule has 9 heteroatoms. The molecule has 0 spiro atoms. The molecule has 0 atom stereocenters. The summed E-state index contributed by atoms with van der Waals surface area (Å²) in [6.45, 7) is 0.488. The zero-order chi connectivity index (χ0) is 19.2. The predicted molar refractivity (Wildman–Crippen MR) is 102 cm³/mol. The Kier molecular flexibility index (Phi) is 6.10. The van der Waals surface area contributed by atoms with Crippen LogP contribution in [0.3, 0.4) is 0 Å². The van der Waals surface area contributed by atoms with Crippen molar-refractivity contribution >= 4 is 28.6 Å². The normalized spacial score (nSPS) is 10.4. The first-order chi connectivity index (χ1) is 13.0. The molecule has 3 aromatic rings. The number of ether oxygens (including phenoxy) is 3.